The number of amides is 1. The number of carbonyl (C=O) groups is 1. The van der Waals surface area contributed by atoms with Crippen molar-refractivity contribution in [3.8, 4) is 0 Å². The summed E-state index contributed by atoms with van der Waals surface area (Å²) in [5.41, 5.74) is 6.97. The number of aliphatic imine (C=N–C) groups is 1. The summed E-state index contributed by atoms with van der Waals surface area (Å²) in [7, 11) is -3.27. The van der Waals surface area contributed by atoms with Crippen LogP contribution in [0.4, 0.5) is 0 Å². The molecule has 2 aliphatic heterocycles. The van der Waals surface area contributed by atoms with Gasteiger partial charge in [0.05, 0.1) is 17.4 Å². The Kier molecular flexibility index (Phi) is 4.12. The van der Waals surface area contributed by atoms with Crippen molar-refractivity contribution < 1.29 is 18.2 Å². The number of amidine groups is 1. The van der Waals surface area contributed by atoms with Crippen LogP contribution in [0.15, 0.2) is 52.0 Å². The highest BCUT2D eigenvalue weighted by atomic mass is 32.2. The monoisotopic (exact) mass is 346 g/mol. The maximum atomic E-state index is 11.7. The molecule has 1 aromatic rings. The third kappa shape index (κ3) is 3.30. The van der Waals surface area contributed by atoms with Crippen LogP contribution in [0.5, 0.6) is 0 Å². The molecule has 0 spiro atoms. The van der Waals surface area contributed by atoms with Crippen LogP contribution in [-0.4, -0.2) is 32.7 Å². The van der Waals surface area contributed by atoms with Gasteiger partial charge in [0.25, 0.3) is 0 Å². The second kappa shape index (κ2) is 5.97. The number of benzene rings is 1. The summed E-state index contributed by atoms with van der Waals surface area (Å²) in [6, 6.07) is 6.79. The Morgan fingerprint density at radius 2 is 2.12 bits per heavy atom. The van der Waals surface area contributed by atoms with E-state index in [4.69, 9.17) is 0 Å². The average Bonchev–Trinajstić information content (AvgIpc) is 2.88. The first kappa shape index (κ1) is 16.6. The lowest BCUT2D eigenvalue weighted by atomic mass is 10.0. The Morgan fingerprint density at radius 3 is 2.79 bits per heavy atom. The number of carbonyl (C=O) groups excluding carboxylic acids is 1. The summed E-state index contributed by atoms with van der Waals surface area (Å²) in [6.07, 6.45) is 4.38. The molecule has 2 aliphatic rings. The predicted octanol–water partition coefficient (Wildman–Crippen LogP) is 0.396. The molecule has 1 aromatic carbocycles. The van der Waals surface area contributed by atoms with E-state index in [-0.39, 0.29) is 10.8 Å². The Hall–Kier alpha value is -2.29. The topological polar surface area (TPSA) is 94.1 Å². The molecule has 3 rings (SSSR count). The molecule has 0 saturated carbocycles. The van der Waals surface area contributed by atoms with Crippen molar-refractivity contribution in [1.82, 2.24) is 5.32 Å². The third-order valence-corrected chi connectivity index (χ3v) is 4.83. The Morgan fingerprint density at radius 1 is 1.38 bits per heavy atom. The van der Waals surface area contributed by atoms with E-state index in [1.165, 1.54) is 13.2 Å². The van der Waals surface area contributed by atoms with Crippen molar-refractivity contribution in [3.05, 3.63) is 53.1 Å². The van der Waals surface area contributed by atoms with E-state index in [2.05, 4.69) is 15.7 Å². The average molecular weight is 346 g/mol. The van der Waals surface area contributed by atoms with E-state index in [0.29, 0.717) is 5.01 Å². The Bertz CT molecular complexity index is 900. The molecular formula is C16H18N4O3S. The van der Waals surface area contributed by atoms with Crippen LogP contribution in [0.25, 0.3) is 11.0 Å². The minimum atomic E-state index is -3.27. The molecule has 2 N–H and O–H groups in total. The third-order valence-electron chi connectivity index (χ3n) is 3.72. The van der Waals surface area contributed by atoms with Crippen molar-refractivity contribution in [2.75, 3.05) is 6.26 Å². The highest BCUT2D eigenvalue weighted by Crippen LogP contribution is 2.23. The molecule has 7 nitrogen and oxygen atoms in total. The van der Waals surface area contributed by atoms with Gasteiger partial charge in [-0.15, -0.1) is 0 Å². The normalized spacial score (nSPS) is 23.0. The molecule has 2 atom stereocenters. The zero-order valence-corrected chi connectivity index (χ0v) is 14.4. The van der Waals surface area contributed by atoms with E-state index >= 15 is 0 Å². The zero-order chi connectivity index (χ0) is 17.5. The fourth-order valence-electron chi connectivity index (χ4n) is 2.63. The molecule has 2 unspecified atom stereocenters. The molecular weight excluding hydrogens is 328 g/mol. The highest BCUT2D eigenvalue weighted by Gasteiger charge is 2.26. The molecule has 2 heterocycles. The number of allylic oxidation sites excluding steroid dienone is 2. The molecule has 8 heteroatoms. The van der Waals surface area contributed by atoms with Gasteiger partial charge in [-0.05, 0) is 30.7 Å². The maximum Gasteiger partial charge on any atom is 0.219 e. The lowest BCUT2D eigenvalue weighted by molar-refractivity contribution is -0.697. The van der Waals surface area contributed by atoms with Crippen LogP contribution in [-0.2, 0) is 14.6 Å². The van der Waals surface area contributed by atoms with Gasteiger partial charge in [-0.3, -0.25) is 4.79 Å². The quantitative estimate of drug-likeness (QED) is 0.829. The van der Waals surface area contributed by atoms with Gasteiger partial charge in [0.15, 0.2) is 9.84 Å². The first-order valence-corrected chi connectivity index (χ1v) is 9.27. The zero-order valence-electron chi connectivity index (χ0n) is 13.6. The molecule has 0 radical (unpaired) electrons. The number of hydrogen-bond acceptors (Lipinski definition) is 4. The standard InChI is InChI=1S/C16H18N4O3S/c1-10-7-13(12-5-4-6-14(8-12)24(3,22)23)9-20-15(10)18-16(19-20)17-11(2)21/h4-9,16,20H,1-3H3,(H,17,21). The number of sulfone groups is 1. The molecule has 1 amide bonds. The molecule has 0 aromatic heterocycles. The Labute approximate surface area is 140 Å². The van der Waals surface area contributed by atoms with E-state index in [9.17, 15) is 13.2 Å². The summed E-state index contributed by atoms with van der Waals surface area (Å²) >= 11 is 0. The summed E-state index contributed by atoms with van der Waals surface area (Å²) in [5.74, 6) is 0.552. The highest BCUT2D eigenvalue weighted by molar-refractivity contribution is 7.90. The maximum absolute atomic E-state index is 11.7. The number of hydrogen-bond donors (Lipinski definition) is 2. The smallest absolute Gasteiger partial charge is 0.219 e. The van der Waals surface area contributed by atoms with Gasteiger partial charge >= 0.3 is 0 Å². The molecule has 0 aliphatic carbocycles. The van der Waals surface area contributed by atoms with Crippen LogP contribution in [0.2, 0.25) is 0 Å². The second-order valence-corrected chi connectivity index (χ2v) is 7.81. The first-order chi connectivity index (χ1) is 11.2. The van der Waals surface area contributed by atoms with E-state index in [0.717, 1.165) is 22.5 Å². The fourth-order valence-corrected chi connectivity index (χ4v) is 3.30. The van der Waals surface area contributed by atoms with Crippen molar-refractivity contribution in [2.24, 2.45) is 4.99 Å². The van der Waals surface area contributed by atoms with Crippen LogP contribution >= 0.6 is 0 Å². The molecule has 24 heavy (non-hydrogen) atoms. The lowest BCUT2D eigenvalue weighted by Gasteiger charge is -2.27. The van der Waals surface area contributed by atoms with Crippen molar-refractivity contribution >= 4 is 27.2 Å². The van der Waals surface area contributed by atoms with Crippen LogP contribution < -0.4 is 10.3 Å². The van der Waals surface area contributed by atoms with Gasteiger partial charge in [0, 0.05) is 24.3 Å². The van der Waals surface area contributed by atoms with Gasteiger partial charge in [-0.25, -0.2) is 13.4 Å². The van der Waals surface area contributed by atoms with Crippen molar-refractivity contribution in [1.29, 1.82) is 0 Å². The molecule has 0 saturated heterocycles. The minimum absolute atomic E-state index is 0.195. The van der Waals surface area contributed by atoms with E-state index < -0.39 is 16.1 Å². The first-order valence-electron chi connectivity index (χ1n) is 7.38. The van der Waals surface area contributed by atoms with E-state index in [1.807, 2.05) is 25.3 Å². The van der Waals surface area contributed by atoms with Crippen LogP contribution in [0.1, 0.15) is 19.4 Å². The Balaban J connectivity index is 1.93. The van der Waals surface area contributed by atoms with Gasteiger partial charge in [0.1, 0.15) is 0 Å². The number of fused-ring (bicyclic) bond motifs is 1. The number of nitrogens with zero attached hydrogens (tertiary/aromatic N) is 2. The molecule has 0 fully saturated rings. The second-order valence-electron chi connectivity index (χ2n) is 5.79. The van der Waals surface area contributed by atoms with Gasteiger partial charge in [0.2, 0.25) is 11.7 Å². The number of quaternary nitrogens is 1. The van der Waals surface area contributed by atoms with Gasteiger partial charge in [-0.2, -0.15) is 0 Å². The van der Waals surface area contributed by atoms with Gasteiger partial charge < -0.3 is 15.8 Å². The summed E-state index contributed by atoms with van der Waals surface area (Å²) in [4.78, 5) is 15.8. The lowest BCUT2D eigenvalue weighted by Crippen LogP contribution is -3.05. The summed E-state index contributed by atoms with van der Waals surface area (Å²) in [5, 5.41) is 3.34. The predicted molar refractivity (Wildman–Crippen MR) is 90.6 cm³/mol. The summed E-state index contributed by atoms with van der Waals surface area (Å²) in [6.45, 7) is 3.33. The molecule has 0 bridgehead atoms. The largest absolute Gasteiger partial charge is 0.402 e. The van der Waals surface area contributed by atoms with E-state index in [1.54, 1.807) is 18.2 Å². The van der Waals surface area contributed by atoms with Gasteiger partial charge in [-0.1, -0.05) is 12.1 Å². The molecule has 126 valence electrons. The SMILES string of the molecule is CC(=O)NC1N=C2C(C)=CC(c3cccc(S(C)(=O)=O)c3)=C[NH+]2[N-]1. The number of rotatable bonds is 3. The van der Waals surface area contributed by atoms with Crippen molar-refractivity contribution in [2.45, 2.75) is 25.0 Å². The fraction of sp³-hybridized carbons (Fsp3) is 0.250. The minimum Gasteiger partial charge on any atom is -0.402 e. The van der Waals surface area contributed by atoms with Crippen LogP contribution in [0.3, 0.4) is 0 Å². The summed E-state index contributed by atoms with van der Waals surface area (Å²) < 4.78 is 23.5. The van der Waals surface area contributed by atoms with Crippen LogP contribution in [0, 0.1) is 0 Å². The van der Waals surface area contributed by atoms with Crippen molar-refractivity contribution in [3.63, 3.8) is 0 Å². The number of nitrogens with one attached hydrogen (secondary N) is 2.